The zero-order chi connectivity index (χ0) is 6.27. The molecule has 2 heterocycles. The first-order valence-corrected chi connectivity index (χ1v) is 2.66. The second-order valence-corrected chi connectivity index (χ2v) is 1.86. The van der Waals surface area contributed by atoms with Gasteiger partial charge in [0.25, 0.3) is 5.56 Å². The van der Waals surface area contributed by atoms with E-state index in [0.29, 0.717) is 12.4 Å². The monoisotopic (exact) mass is 126 g/mol. The number of aromatic nitrogens is 2. The summed E-state index contributed by atoms with van der Waals surface area (Å²) in [6.07, 6.45) is 0. The van der Waals surface area contributed by atoms with Gasteiger partial charge in [-0.25, -0.2) is 0 Å². The van der Waals surface area contributed by atoms with E-state index in [1.54, 1.807) is 0 Å². The fourth-order valence-corrected chi connectivity index (χ4v) is 0.880. The summed E-state index contributed by atoms with van der Waals surface area (Å²) in [7, 11) is 0. The molecule has 0 aromatic carbocycles. The van der Waals surface area contributed by atoms with E-state index in [1.165, 1.54) is 0 Å². The Hall–Kier alpha value is -1.39. The molecule has 1 aliphatic rings. The molecule has 0 aliphatic carbocycles. The van der Waals surface area contributed by atoms with Gasteiger partial charge in [0.15, 0.2) is 0 Å². The molecule has 1 aromatic rings. The Balaban J connectivity index is 2.70. The first-order chi connectivity index (χ1) is 4.38. The lowest BCUT2D eigenvalue weighted by atomic mass is 10.5. The first-order valence-electron chi connectivity index (χ1n) is 2.66. The molecule has 0 radical (unpaired) electrons. The summed E-state index contributed by atoms with van der Waals surface area (Å²) in [5.74, 6) is 0.750. The van der Waals surface area contributed by atoms with Crippen molar-refractivity contribution < 1.29 is 0 Å². The highest BCUT2D eigenvalue weighted by molar-refractivity contribution is 5.67. The summed E-state index contributed by atoms with van der Waals surface area (Å²) in [5, 5.41) is 10.9. The lowest BCUT2D eigenvalue weighted by Crippen LogP contribution is -2.08. The molecule has 0 fully saturated rings. The normalized spacial score (nSPS) is 14.2. The molecule has 0 saturated carbocycles. The molecule has 0 bridgehead atoms. The van der Waals surface area contributed by atoms with Gasteiger partial charge in [0.2, 0.25) is 0 Å². The van der Waals surface area contributed by atoms with Crippen molar-refractivity contribution in [2.45, 2.75) is 0 Å². The first kappa shape index (κ1) is 4.49. The third-order valence-corrected chi connectivity index (χ3v) is 1.31. The smallest absolute Gasteiger partial charge is 0.289 e. The number of aromatic amines is 2. The van der Waals surface area contributed by atoms with E-state index in [0.717, 1.165) is 5.82 Å². The summed E-state index contributed by atoms with van der Waals surface area (Å²) < 4.78 is 0. The number of anilines is 2. The van der Waals surface area contributed by atoms with Crippen molar-refractivity contribution in [2.24, 2.45) is 0 Å². The highest BCUT2D eigenvalue weighted by atomic mass is 16.1. The number of H-pyrrole nitrogens is 2. The Morgan fingerprint density at radius 2 is 2.11 bits per heavy atom. The van der Waals surface area contributed by atoms with Crippen LogP contribution in [-0.4, -0.2) is 16.9 Å². The Kier molecular flexibility index (Phi) is 0.652. The van der Waals surface area contributed by atoms with Crippen molar-refractivity contribution in [3.8, 4) is 0 Å². The van der Waals surface area contributed by atoms with Gasteiger partial charge in [0, 0.05) is 0 Å². The van der Waals surface area contributed by atoms with Crippen LogP contribution in [0.25, 0.3) is 0 Å². The molecule has 48 valence electrons. The number of nitrogens with one attached hydrogen (secondary N) is 4. The SMILES string of the molecule is O=c1[nH][nH]c2c1NCN2. The van der Waals surface area contributed by atoms with Crippen LogP contribution < -0.4 is 16.2 Å². The molecule has 0 atom stereocenters. The van der Waals surface area contributed by atoms with Crippen LogP contribution in [0.1, 0.15) is 0 Å². The quantitative estimate of drug-likeness (QED) is 0.378. The van der Waals surface area contributed by atoms with Gasteiger partial charge in [-0.15, -0.1) is 0 Å². The van der Waals surface area contributed by atoms with E-state index in [1.807, 2.05) is 0 Å². The molecule has 5 heteroatoms. The second kappa shape index (κ2) is 1.31. The molecular formula is C4H6N4O. The minimum absolute atomic E-state index is 0.102. The fourth-order valence-electron chi connectivity index (χ4n) is 0.880. The third kappa shape index (κ3) is 0.453. The van der Waals surface area contributed by atoms with Gasteiger partial charge < -0.3 is 10.6 Å². The average molecular weight is 126 g/mol. The van der Waals surface area contributed by atoms with Crippen molar-refractivity contribution in [1.29, 1.82) is 0 Å². The molecule has 0 spiro atoms. The van der Waals surface area contributed by atoms with Gasteiger partial charge in [-0.3, -0.25) is 15.0 Å². The van der Waals surface area contributed by atoms with Crippen LogP contribution in [-0.2, 0) is 0 Å². The van der Waals surface area contributed by atoms with E-state index in [-0.39, 0.29) is 5.56 Å². The summed E-state index contributed by atoms with van der Waals surface area (Å²) in [6, 6.07) is 0. The lowest BCUT2D eigenvalue weighted by Gasteiger charge is -1.87. The molecule has 0 unspecified atom stereocenters. The molecule has 0 saturated heterocycles. The third-order valence-electron chi connectivity index (χ3n) is 1.31. The van der Waals surface area contributed by atoms with Crippen LogP contribution in [0.15, 0.2) is 4.79 Å². The van der Waals surface area contributed by atoms with Gasteiger partial charge >= 0.3 is 0 Å². The van der Waals surface area contributed by atoms with E-state index in [9.17, 15) is 4.79 Å². The Morgan fingerprint density at radius 3 is 2.89 bits per heavy atom. The average Bonchev–Trinajstić information content (AvgIpc) is 2.35. The Bertz CT molecular complexity index is 272. The Labute approximate surface area is 50.4 Å². The van der Waals surface area contributed by atoms with Crippen molar-refractivity contribution in [3.63, 3.8) is 0 Å². The van der Waals surface area contributed by atoms with Crippen molar-refractivity contribution in [1.82, 2.24) is 10.2 Å². The second-order valence-electron chi connectivity index (χ2n) is 1.86. The summed E-state index contributed by atoms with van der Waals surface area (Å²) in [6.45, 7) is 0.630. The van der Waals surface area contributed by atoms with E-state index >= 15 is 0 Å². The number of hydrogen-bond acceptors (Lipinski definition) is 3. The minimum Gasteiger partial charge on any atom is -0.360 e. The predicted molar refractivity (Wildman–Crippen MR) is 33.5 cm³/mol. The lowest BCUT2D eigenvalue weighted by molar-refractivity contribution is 1.04. The van der Waals surface area contributed by atoms with Crippen LogP contribution >= 0.6 is 0 Å². The molecule has 4 N–H and O–H groups in total. The van der Waals surface area contributed by atoms with Crippen molar-refractivity contribution >= 4 is 11.5 Å². The molecule has 2 rings (SSSR count). The Morgan fingerprint density at radius 1 is 1.22 bits per heavy atom. The fraction of sp³-hybridized carbons (Fsp3) is 0.250. The molecule has 1 aromatic heterocycles. The van der Waals surface area contributed by atoms with Crippen LogP contribution in [0, 0.1) is 0 Å². The zero-order valence-electron chi connectivity index (χ0n) is 4.62. The highest BCUT2D eigenvalue weighted by Gasteiger charge is 2.13. The van der Waals surface area contributed by atoms with Crippen LogP contribution in [0.2, 0.25) is 0 Å². The molecular weight excluding hydrogens is 120 g/mol. The summed E-state index contributed by atoms with van der Waals surface area (Å²) in [4.78, 5) is 10.7. The standard InChI is InChI=1S/C4H6N4O/c9-4-2-3(7-8-4)6-1-5-2/h5H,1H2,(H3,6,7,8,9). The maximum Gasteiger partial charge on any atom is 0.289 e. The molecule has 5 nitrogen and oxygen atoms in total. The predicted octanol–water partition coefficient (Wildman–Crippen LogP) is -0.502. The van der Waals surface area contributed by atoms with Gasteiger partial charge in [-0.05, 0) is 0 Å². The summed E-state index contributed by atoms with van der Waals surface area (Å²) in [5.41, 5.74) is 0.505. The summed E-state index contributed by atoms with van der Waals surface area (Å²) >= 11 is 0. The maximum atomic E-state index is 10.7. The topological polar surface area (TPSA) is 72.7 Å². The van der Waals surface area contributed by atoms with E-state index in [4.69, 9.17) is 0 Å². The van der Waals surface area contributed by atoms with Crippen molar-refractivity contribution in [3.05, 3.63) is 10.4 Å². The molecule has 0 amide bonds. The van der Waals surface area contributed by atoms with Crippen molar-refractivity contribution in [2.75, 3.05) is 17.3 Å². The van der Waals surface area contributed by atoms with Crippen LogP contribution in [0.5, 0.6) is 0 Å². The van der Waals surface area contributed by atoms with Crippen LogP contribution in [0.3, 0.4) is 0 Å². The van der Waals surface area contributed by atoms with E-state index in [2.05, 4.69) is 20.8 Å². The molecule has 9 heavy (non-hydrogen) atoms. The largest absolute Gasteiger partial charge is 0.360 e. The highest BCUT2D eigenvalue weighted by Crippen LogP contribution is 2.16. The van der Waals surface area contributed by atoms with Gasteiger partial charge in [0.05, 0.1) is 6.67 Å². The van der Waals surface area contributed by atoms with Gasteiger partial charge in [0.1, 0.15) is 11.5 Å². The minimum atomic E-state index is -0.102. The number of rotatable bonds is 0. The number of fused-ring (bicyclic) bond motifs is 1. The molecule has 1 aliphatic heterocycles. The van der Waals surface area contributed by atoms with Crippen LogP contribution in [0.4, 0.5) is 11.5 Å². The van der Waals surface area contributed by atoms with Gasteiger partial charge in [-0.2, -0.15) is 0 Å². The van der Waals surface area contributed by atoms with E-state index < -0.39 is 0 Å². The van der Waals surface area contributed by atoms with Gasteiger partial charge in [-0.1, -0.05) is 0 Å². The maximum absolute atomic E-state index is 10.7. The zero-order valence-corrected chi connectivity index (χ0v) is 4.62. The number of hydrogen-bond donors (Lipinski definition) is 4.